The molecular formula is C47H56Cl2N12O7. The Kier molecular flexibility index (Phi) is 14.8. The van der Waals surface area contributed by atoms with Crippen LogP contribution >= 0.6 is 23.2 Å². The Balaban J connectivity index is 0.000000152. The molecule has 2 unspecified atom stereocenters. The number of aromatic amines is 1. The molecule has 5 aliphatic rings. The van der Waals surface area contributed by atoms with Crippen LogP contribution < -0.4 is 44.1 Å². The molecule has 0 saturated heterocycles. The summed E-state index contributed by atoms with van der Waals surface area (Å²) in [5.74, 6) is 0.445. The molecular weight excluding hydrogens is 915 g/mol. The number of nitrogens with two attached hydrogens (primary N) is 2. The van der Waals surface area contributed by atoms with Crippen molar-refractivity contribution in [1.29, 1.82) is 0 Å². The summed E-state index contributed by atoms with van der Waals surface area (Å²) in [6.45, 7) is 12.4. The van der Waals surface area contributed by atoms with E-state index in [1.165, 1.54) is 30.9 Å². The SMILES string of the molecule is CC1(C)CCCC12NC(=O)c1ccc(Cl)c(=O)n12.CC1(C)CCCC12NC(=O)c1ccc(Nc3ccncn3)c(=O)n12.CC1(C)CCCC1=O.NC(=O)c1ccc(Cl)c(=O)[nH]1.Nc1ccncn1. The first kappa shape index (κ1) is 50.7. The van der Waals surface area contributed by atoms with Gasteiger partial charge in [0.1, 0.15) is 74.2 Å². The highest BCUT2D eigenvalue weighted by Crippen LogP contribution is 2.52. The topological polar surface area (TPSA) is 285 Å². The number of halogens is 2. The second-order valence-electron chi connectivity index (χ2n) is 19.0. The Morgan fingerprint density at radius 3 is 1.62 bits per heavy atom. The molecule has 2 aliphatic heterocycles. The van der Waals surface area contributed by atoms with Crippen molar-refractivity contribution in [1.82, 2.24) is 44.7 Å². The Labute approximate surface area is 401 Å². The first-order valence-electron chi connectivity index (χ1n) is 22.1. The minimum absolute atomic E-state index is 0.0139. The van der Waals surface area contributed by atoms with Crippen LogP contribution in [0.15, 0.2) is 88.0 Å². The number of amides is 3. The standard InChI is InChI=1S/C17H19N5O2.C13H15ClN2O2.C7H12O.C6H5ClN2O2.C4H5N3/c1-16(2)7-3-8-17(16)21-14(23)12-5-4-11(15(24)22(12)17)20-13-6-9-18-10-19-13;1-12(2)6-3-7-13(12)15-10(17)9-5-4-8(14)11(18)16(9)13;1-7(2)5-3-4-6(7)8;7-3-1-2-4(5(8)10)9-6(3)11;5-4-1-2-6-3-7-4/h4-6,9-10H,3,7-8H2,1-2H3,(H,21,23)(H,18,19,20);4-5H,3,6-7H2,1-2H3,(H,15,17);3-5H2,1-2H3;1-2H,(H2,8,10)(H,9,11);1-3H,(H2,5,6,7). The second kappa shape index (κ2) is 19.9. The minimum Gasteiger partial charge on any atom is -0.384 e. The molecule has 5 aromatic heterocycles. The molecule has 0 radical (unpaired) electrons. The summed E-state index contributed by atoms with van der Waals surface area (Å²) in [6.07, 6.45) is 14.5. The van der Waals surface area contributed by atoms with E-state index in [-0.39, 0.29) is 54.9 Å². The number of H-pyrrole nitrogens is 1. The van der Waals surface area contributed by atoms with Gasteiger partial charge in [0.15, 0.2) is 0 Å². The highest BCUT2D eigenvalue weighted by atomic mass is 35.5. The normalized spacial score (nSPS) is 21.6. The van der Waals surface area contributed by atoms with Crippen molar-refractivity contribution in [2.45, 2.75) is 111 Å². The fraction of sp³-hybridized carbons (Fsp3) is 0.426. The van der Waals surface area contributed by atoms with E-state index >= 15 is 0 Å². The second-order valence-corrected chi connectivity index (χ2v) is 19.8. The molecule has 360 valence electrons. The van der Waals surface area contributed by atoms with Crippen LogP contribution in [0.2, 0.25) is 10.0 Å². The lowest BCUT2D eigenvalue weighted by Gasteiger charge is -2.39. The van der Waals surface area contributed by atoms with Gasteiger partial charge in [-0.2, -0.15) is 0 Å². The molecule has 0 aromatic carbocycles. The van der Waals surface area contributed by atoms with E-state index < -0.39 is 22.8 Å². The fourth-order valence-corrected chi connectivity index (χ4v) is 9.66. The first-order chi connectivity index (χ1) is 32.0. The number of aromatic nitrogens is 7. The van der Waals surface area contributed by atoms with E-state index in [2.05, 4.69) is 68.6 Å². The van der Waals surface area contributed by atoms with E-state index in [1.807, 2.05) is 13.8 Å². The number of carbonyl (C=O) groups excluding carboxylic acids is 4. The number of ketones is 1. The summed E-state index contributed by atoms with van der Waals surface area (Å²) in [5, 5.41) is 9.33. The van der Waals surface area contributed by atoms with Gasteiger partial charge < -0.3 is 32.4 Å². The average Bonchev–Trinajstić information content (AvgIpc) is 4.04. The zero-order chi connectivity index (χ0) is 49.8. The van der Waals surface area contributed by atoms with Gasteiger partial charge in [0.25, 0.3) is 34.4 Å². The zero-order valence-electron chi connectivity index (χ0n) is 38.7. The molecule has 8 N–H and O–H groups in total. The Bertz CT molecular complexity index is 2900. The van der Waals surface area contributed by atoms with Gasteiger partial charge in [-0.05, 0) is 99.9 Å². The van der Waals surface area contributed by atoms with Crippen LogP contribution in [0, 0.1) is 16.2 Å². The van der Waals surface area contributed by atoms with Crippen LogP contribution in [-0.2, 0) is 16.1 Å². The Hall–Kier alpha value is -6.73. The molecule has 3 saturated carbocycles. The number of nitrogens with zero attached hydrogens (tertiary/aromatic N) is 6. The van der Waals surface area contributed by atoms with Crippen molar-refractivity contribution in [3.05, 3.63) is 132 Å². The number of carbonyl (C=O) groups is 4. The summed E-state index contributed by atoms with van der Waals surface area (Å²) < 4.78 is 3.22. The minimum atomic E-state index is -0.682. The van der Waals surface area contributed by atoms with Crippen LogP contribution in [0.4, 0.5) is 17.3 Å². The maximum absolute atomic E-state index is 13.1. The van der Waals surface area contributed by atoms with E-state index in [1.54, 1.807) is 51.9 Å². The maximum atomic E-state index is 13.1. The van der Waals surface area contributed by atoms with Crippen molar-refractivity contribution in [3.63, 3.8) is 0 Å². The number of anilines is 3. The van der Waals surface area contributed by atoms with E-state index in [4.69, 9.17) is 34.7 Å². The lowest BCUT2D eigenvalue weighted by molar-refractivity contribution is -0.124. The predicted octanol–water partition coefficient (Wildman–Crippen LogP) is 6.05. The molecule has 0 bridgehead atoms. The van der Waals surface area contributed by atoms with Crippen LogP contribution in [0.1, 0.15) is 131 Å². The van der Waals surface area contributed by atoms with E-state index in [0.29, 0.717) is 34.5 Å². The molecule has 68 heavy (non-hydrogen) atoms. The lowest BCUT2D eigenvalue weighted by Crippen LogP contribution is -2.54. The third-order valence-corrected chi connectivity index (χ3v) is 14.0. The molecule has 19 nitrogen and oxygen atoms in total. The van der Waals surface area contributed by atoms with Crippen LogP contribution in [-0.4, -0.2) is 57.6 Å². The fourth-order valence-electron chi connectivity index (χ4n) is 9.40. The number of nitrogen functional groups attached to an aromatic ring is 1. The van der Waals surface area contributed by atoms with Crippen LogP contribution in [0.25, 0.3) is 0 Å². The first-order valence-corrected chi connectivity index (χ1v) is 22.8. The van der Waals surface area contributed by atoms with Crippen molar-refractivity contribution in [2.75, 3.05) is 11.1 Å². The van der Waals surface area contributed by atoms with Gasteiger partial charge in [-0.1, -0.05) is 64.7 Å². The van der Waals surface area contributed by atoms with Gasteiger partial charge in [0.2, 0.25) is 0 Å². The third-order valence-electron chi connectivity index (χ3n) is 13.4. The van der Waals surface area contributed by atoms with E-state index in [9.17, 15) is 33.6 Å². The molecule has 2 spiro atoms. The summed E-state index contributed by atoms with van der Waals surface area (Å²) in [4.78, 5) is 99.5. The predicted molar refractivity (Wildman–Crippen MR) is 258 cm³/mol. The largest absolute Gasteiger partial charge is 0.384 e. The monoisotopic (exact) mass is 970 g/mol. The van der Waals surface area contributed by atoms with E-state index in [0.717, 1.165) is 57.8 Å². The number of hydrogen-bond donors (Lipinski definition) is 6. The molecule has 3 fully saturated rings. The summed E-state index contributed by atoms with van der Waals surface area (Å²) in [7, 11) is 0. The zero-order valence-corrected chi connectivity index (χ0v) is 40.3. The number of pyridine rings is 3. The number of nitrogens with one attached hydrogen (secondary N) is 4. The molecule has 7 heterocycles. The highest BCUT2D eigenvalue weighted by molar-refractivity contribution is 6.30. The number of fused-ring (bicyclic) bond motifs is 4. The summed E-state index contributed by atoms with van der Waals surface area (Å²) >= 11 is 11.3. The highest BCUT2D eigenvalue weighted by Gasteiger charge is 2.57. The summed E-state index contributed by atoms with van der Waals surface area (Å²) in [5.41, 5.74) is 8.79. The van der Waals surface area contributed by atoms with Gasteiger partial charge in [0, 0.05) is 35.1 Å². The average molecular weight is 972 g/mol. The lowest BCUT2D eigenvalue weighted by atomic mass is 9.81. The quantitative estimate of drug-likeness (QED) is 0.120. The van der Waals surface area contributed by atoms with Gasteiger partial charge in [-0.15, -0.1) is 0 Å². The number of hydrogen-bond acceptors (Lipinski definition) is 13. The van der Waals surface area contributed by atoms with Crippen molar-refractivity contribution in [3.8, 4) is 0 Å². The Morgan fingerprint density at radius 2 is 1.21 bits per heavy atom. The van der Waals surface area contributed by atoms with Crippen LogP contribution in [0.3, 0.4) is 0 Å². The molecule has 3 amide bonds. The van der Waals surface area contributed by atoms with Crippen LogP contribution in [0.5, 0.6) is 0 Å². The Morgan fingerprint density at radius 1 is 0.662 bits per heavy atom. The molecule has 5 aromatic rings. The molecule has 3 aliphatic carbocycles. The third kappa shape index (κ3) is 10.1. The van der Waals surface area contributed by atoms with Gasteiger partial charge in [-0.3, -0.25) is 42.7 Å². The van der Waals surface area contributed by atoms with Gasteiger partial charge in [0.05, 0.1) is 0 Å². The number of rotatable bonds is 3. The number of primary amides is 1. The van der Waals surface area contributed by atoms with Gasteiger partial charge in [-0.25, -0.2) is 19.9 Å². The molecule has 21 heteroatoms. The molecule has 10 rings (SSSR count). The van der Waals surface area contributed by atoms with Crippen molar-refractivity contribution < 1.29 is 19.2 Å². The van der Waals surface area contributed by atoms with Gasteiger partial charge >= 0.3 is 0 Å². The molecule has 2 atom stereocenters. The maximum Gasteiger partial charge on any atom is 0.276 e. The number of Topliss-reactive ketones (excluding diaryl/α,β-unsaturated/α-hetero) is 1. The van der Waals surface area contributed by atoms with Crippen molar-refractivity contribution in [2.24, 2.45) is 22.0 Å². The summed E-state index contributed by atoms with van der Waals surface area (Å²) in [6, 6.07) is 12.5. The smallest absolute Gasteiger partial charge is 0.276 e. The van der Waals surface area contributed by atoms with Crippen molar-refractivity contribution >= 4 is 64.0 Å².